The maximum atomic E-state index is 12.5. The van der Waals surface area contributed by atoms with Gasteiger partial charge in [-0.2, -0.15) is 0 Å². The van der Waals surface area contributed by atoms with Gasteiger partial charge in [-0.15, -0.1) is 0 Å². The zero-order valence-corrected chi connectivity index (χ0v) is 16.1. The number of rotatable bonds is 5. The molecule has 0 saturated carbocycles. The molecule has 1 fully saturated rings. The minimum Gasteiger partial charge on any atom is -0.395 e. The number of amides is 1. The summed E-state index contributed by atoms with van der Waals surface area (Å²) >= 11 is 0. The summed E-state index contributed by atoms with van der Waals surface area (Å²) in [7, 11) is 0. The number of hydrogen-bond acceptors (Lipinski definition) is 6. The van der Waals surface area contributed by atoms with Gasteiger partial charge in [-0.3, -0.25) is 19.7 Å². The summed E-state index contributed by atoms with van der Waals surface area (Å²) in [5, 5.41) is 10.7. The van der Waals surface area contributed by atoms with Crippen LogP contribution in [-0.2, 0) is 0 Å². The summed E-state index contributed by atoms with van der Waals surface area (Å²) in [6, 6.07) is 19.1. The first kappa shape index (κ1) is 19.4. The van der Waals surface area contributed by atoms with Crippen LogP contribution in [0.5, 0.6) is 0 Å². The highest BCUT2D eigenvalue weighted by atomic mass is 16.6. The fourth-order valence-corrected chi connectivity index (χ4v) is 3.44. The molecule has 2 aromatic carbocycles. The van der Waals surface area contributed by atoms with Crippen molar-refractivity contribution in [1.29, 1.82) is 0 Å². The van der Waals surface area contributed by atoms with Gasteiger partial charge < -0.3 is 14.2 Å². The van der Waals surface area contributed by atoms with Gasteiger partial charge in [-0.25, -0.2) is 0 Å². The quantitative estimate of drug-likeness (QED) is 0.367. The van der Waals surface area contributed by atoms with E-state index in [4.69, 9.17) is 4.42 Å². The molecule has 8 heteroatoms. The number of ketones is 1. The second-order valence-electron chi connectivity index (χ2n) is 6.92. The van der Waals surface area contributed by atoms with Crippen LogP contribution in [0.25, 0.3) is 0 Å². The van der Waals surface area contributed by atoms with Gasteiger partial charge in [-0.1, -0.05) is 30.3 Å². The van der Waals surface area contributed by atoms with E-state index >= 15 is 0 Å². The molecule has 8 nitrogen and oxygen atoms in total. The lowest BCUT2D eigenvalue weighted by Crippen LogP contribution is -2.48. The van der Waals surface area contributed by atoms with Crippen LogP contribution < -0.4 is 4.90 Å². The number of carbonyl (C=O) groups is 2. The summed E-state index contributed by atoms with van der Waals surface area (Å²) in [5.74, 6) is -0.849. The van der Waals surface area contributed by atoms with Crippen molar-refractivity contribution in [3.05, 3.63) is 93.7 Å². The number of piperazine rings is 1. The maximum absolute atomic E-state index is 12.5. The Kier molecular flexibility index (Phi) is 5.30. The lowest BCUT2D eigenvalue weighted by Gasteiger charge is -2.35. The van der Waals surface area contributed by atoms with E-state index in [2.05, 4.69) is 4.90 Å². The van der Waals surface area contributed by atoms with Crippen LogP contribution in [0.3, 0.4) is 0 Å². The third-order valence-corrected chi connectivity index (χ3v) is 5.08. The Labute approximate surface area is 172 Å². The first-order valence-corrected chi connectivity index (χ1v) is 9.51. The van der Waals surface area contributed by atoms with E-state index in [1.807, 2.05) is 42.5 Å². The number of hydrogen-bond donors (Lipinski definition) is 0. The largest absolute Gasteiger partial charge is 0.433 e. The van der Waals surface area contributed by atoms with Crippen molar-refractivity contribution in [2.75, 3.05) is 31.1 Å². The molecular weight excluding hydrogens is 386 g/mol. The lowest BCUT2D eigenvalue weighted by atomic mass is 10.0. The summed E-state index contributed by atoms with van der Waals surface area (Å²) in [5.41, 5.74) is 2.24. The molecular formula is C22H19N3O5. The minimum absolute atomic E-state index is 0.0230. The van der Waals surface area contributed by atoms with Crippen LogP contribution in [0, 0.1) is 10.1 Å². The minimum atomic E-state index is -0.666. The molecule has 30 heavy (non-hydrogen) atoms. The van der Waals surface area contributed by atoms with Crippen LogP contribution in [-0.4, -0.2) is 47.7 Å². The second kappa shape index (κ2) is 8.20. The van der Waals surface area contributed by atoms with E-state index in [9.17, 15) is 19.7 Å². The maximum Gasteiger partial charge on any atom is 0.433 e. The molecule has 2 heterocycles. The topological polar surface area (TPSA) is 96.9 Å². The average molecular weight is 405 g/mol. The zero-order chi connectivity index (χ0) is 21.1. The molecule has 0 unspecified atom stereocenters. The highest BCUT2D eigenvalue weighted by Crippen LogP contribution is 2.21. The molecule has 0 bridgehead atoms. The molecule has 0 spiro atoms. The number of anilines is 1. The molecule has 0 atom stereocenters. The third kappa shape index (κ3) is 3.93. The number of benzene rings is 2. The highest BCUT2D eigenvalue weighted by molar-refractivity contribution is 6.09. The Morgan fingerprint density at radius 2 is 1.47 bits per heavy atom. The summed E-state index contributed by atoms with van der Waals surface area (Å²) in [6.07, 6.45) is 0. The van der Waals surface area contributed by atoms with Gasteiger partial charge in [-0.05, 0) is 30.3 Å². The molecule has 152 valence electrons. The molecule has 1 saturated heterocycles. The summed E-state index contributed by atoms with van der Waals surface area (Å²) in [4.78, 5) is 38.8. The lowest BCUT2D eigenvalue weighted by molar-refractivity contribution is -0.402. The Balaban J connectivity index is 1.37. The van der Waals surface area contributed by atoms with Crippen molar-refractivity contribution in [3.8, 4) is 0 Å². The first-order valence-electron chi connectivity index (χ1n) is 9.51. The number of nitro groups is 1. The van der Waals surface area contributed by atoms with Gasteiger partial charge in [0.15, 0.2) is 11.5 Å². The molecule has 0 radical (unpaired) electrons. The SMILES string of the molecule is O=C(c1ccccc1)c1ccc(N2CCN(C(=O)c3ccc([N+](=O)[O-])o3)CC2)cc1. The van der Waals surface area contributed by atoms with E-state index in [0.29, 0.717) is 37.3 Å². The predicted octanol–water partition coefficient (Wildman–Crippen LogP) is 3.38. The van der Waals surface area contributed by atoms with Crippen molar-refractivity contribution in [2.45, 2.75) is 0 Å². The molecule has 1 amide bonds. The van der Waals surface area contributed by atoms with E-state index in [0.717, 1.165) is 5.69 Å². The monoisotopic (exact) mass is 405 g/mol. The van der Waals surface area contributed by atoms with Gasteiger partial charge in [0.25, 0.3) is 5.91 Å². The van der Waals surface area contributed by atoms with Gasteiger partial charge >= 0.3 is 5.88 Å². The third-order valence-electron chi connectivity index (χ3n) is 5.08. The van der Waals surface area contributed by atoms with Crippen molar-refractivity contribution >= 4 is 23.3 Å². The molecule has 4 rings (SSSR count). The smallest absolute Gasteiger partial charge is 0.395 e. The van der Waals surface area contributed by atoms with Crippen molar-refractivity contribution in [2.24, 2.45) is 0 Å². The Bertz CT molecular complexity index is 1070. The predicted molar refractivity (Wildman–Crippen MR) is 110 cm³/mol. The van der Waals surface area contributed by atoms with Crippen molar-refractivity contribution in [1.82, 2.24) is 4.90 Å². The number of furan rings is 1. The van der Waals surface area contributed by atoms with E-state index in [1.165, 1.54) is 12.1 Å². The Hall–Kier alpha value is -3.94. The van der Waals surface area contributed by atoms with Gasteiger partial charge in [0.05, 0.1) is 6.07 Å². The van der Waals surface area contributed by atoms with Gasteiger partial charge in [0, 0.05) is 43.0 Å². The highest BCUT2D eigenvalue weighted by Gasteiger charge is 2.26. The van der Waals surface area contributed by atoms with E-state index in [-0.39, 0.29) is 17.5 Å². The van der Waals surface area contributed by atoms with Crippen molar-refractivity contribution in [3.63, 3.8) is 0 Å². The van der Waals surface area contributed by atoms with Gasteiger partial charge in [0.2, 0.25) is 0 Å². The van der Waals surface area contributed by atoms with Crippen LogP contribution in [0.1, 0.15) is 26.5 Å². The van der Waals surface area contributed by atoms with E-state index < -0.39 is 10.8 Å². The normalized spacial score (nSPS) is 13.9. The first-order chi connectivity index (χ1) is 14.5. The van der Waals surface area contributed by atoms with Gasteiger partial charge in [0.1, 0.15) is 4.92 Å². The Morgan fingerprint density at radius 3 is 2.07 bits per heavy atom. The fraction of sp³-hybridized carbons (Fsp3) is 0.182. The molecule has 1 aromatic heterocycles. The summed E-state index contributed by atoms with van der Waals surface area (Å²) < 4.78 is 5.01. The number of nitrogens with zero attached hydrogens (tertiary/aromatic N) is 3. The Morgan fingerprint density at radius 1 is 0.833 bits per heavy atom. The number of carbonyl (C=O) groups excluding carboxylic acids is 2. The van der Waals surface area contributed by atoms with Crippen LogP contribution in [0.15, 0.2) is 71.1 Å². The molecule has 1 aliphatic rings. The van der Waals surface area contributed by atoms with E-state index in [1.54, 1.807) is 17.0 Å². The molecule has 0 aliphatic carbocycles. The van der Waals surface area contributed by atoms with Crippen LogP contribution in [0.2, 0.25) is 0 Å². The second-order valence-corrected chi connectivity index (χ2v) is 6.92. The molecule has 0 N–H and O–H groups in total. The zero-order valence-electron chi connectivity index (χ0n) is 16.1. The average Bonchev–Trinajstić information content (AvgIpc) is 3.30. The fourth-order valence-electron chi connectivity index (χ4n) is 3.44. The summed E-state index contributed by atoms with van der Waals surface area (Å²) in [6.45, 7) is 2.16. The van der Waals surface area contributed by atoms with Crippen molar-refractivity contribution < 1.29 is 18.9 Å². The van der Waals surface area contributed by atoms with Crippen LogP contribution in [0.4, 0.5) is 11.6 Å². The van der Waals surface area contributed by atoms with Crippen LogP contribution >= 0.6 is 0 Å². The molecule has 1 aliphatic heterocycles. The molecule has 3 aromatic rings. The standard InChI is InChI=1S/C22H19N3O5/c26-21(16-4-2-1-3-5-16)17-6-8-18(9-7-17)23-12-14-24(15-13-23)22(27)19-10-11-20(30-19)25(28)29/h1-11H,12-15H2.